The number of alkyl carbamates (subject to hydrolysis) is 1. The number of ether oxygens (including phenoxy) is 4. The van der Waals surface area contributed by atoms with Crippen molar-refractivity contribution in [3.8, 4) is 22.8 Å². The third-order valence-electron chi connectivity index (χ3n) is 8.26. The zero-order valence-electron chi connectivity index (χ0n) is 27.9. The number of para-hydroxylation sites is 1. The van der Waals surface area contributed by atoms with Crippen molar-refractivity contribution >= 4 is 23.7 Å². The molecule has 48 heavy (non-hydrogen) atoms. The summed E-state index contributed by atoms with van der Waals surface area (Å²) in [5, 5.41) is 10.9. The molecule has 3 aromatic rings. The van der Waals surface area contributed by atoms with Crippen LogP contribution in [0.25, 0.3) is 11.3 Å². The van der Waals surface area contributed by atoms with Crippen molar-refractivity contribution in [3.63, 3.8) is 0 Å². The Morgan fingerprint density at radius 1 is 0.938 bits per heavy atom. The molecule has 0 saturated carbocycles. The van der Waals surface area contributed by atoms with Crippen LogP contribution in [0.15, 0.2) is 54.6 Å². The van der Waals surface area contributed by atoms with E-state index in [0.29, 0.717) is 62.2 Å². The Morgan fingerprint density at radius 2 is 1.62 bits per heavy atom. The molecule has 1 fully saturated rings. The fourth-order valence-electron chi connectivity index (χ4n) is 6.02. The minimum absolute atomic E-state index is 0.0126. The van der Waals surface area contributed by atoms with Gasteiger partial charge in [-0.25, -0.2) is 9.48 Å². The summed E-state index contributed by atoms with van der Waals surface area (Å²) in [4.78, 5) is 39.0. The van der Waals surface area contributed by atoms with E-state index >= 15 is 0 Å². The van der Waals surface area contributed by atoms with Gasteiger partial charge < -0.3 is 40.2 Å². The van der Waals surface area contributed by atoms with Gasteiger partial charge in [-0.05, 0) is 82.3 Å². The van der Waals surface area contributed by atoms with Crippen LogP contribution in [-0.4, -0.2) is 90.8 Å². The van der Waals surface area contributed by atoms with Crippen molar-refractivity contribution in [1.82, 2.24) is 20.0 Å². The number of aromatic nitrogens is 2. The minimum atomic E-state index is -0.550. The van der Waals surface area contributed by atoms with Crippen LogP contribution in [-0.2, 0) is 19.0 Å². The summed E-state index contributed by atoms with van der Waals surface area (Å²) in [7, 11) is 0. The largest absolute Gasteiger partial charge is 0.457 e. The van der Waals surface area contributed by atoms with Gasteiger partial charge in [0, 0.05) is 31.7 Å². The Kier molecular flexibility index (Phi) is 11.6. The first-order valence-corrected chi connectivity index (χ1v) is 16.5. The number of benzene rings is 2. The number of piperidine rings is 1. The summed E-state index contributed by atoms with van der Waals surface area (Å²) < 4.78 is 24.0. The molecule has 258 valence electrons. The number of nitrogens with zero attached hydrogens (tertiary/aromatic N) is 3. The van der Waals surface area contributed by atoms with Crippen LogP contribution >= 0.6 is 0 Å². The van der Waals surface area contributed by atoms with Gasteiger partial charge in [0.25, 0.3) is 5.91 Å². The van der Waals surface area contributed by atoms with E-state index in [2.05, 4.69) is 10.6 Å². The molecule has 2 aromatic carbocycles. The summed E-state index contributed by atoms with van der Waals surface area (Å²) in [6.07, 6.45) is 2.00. The van der Waals surface area contributed by atoms with E-state index in [0.717, 1.165) is 30.6 Å². The molecule has 3 heterocycles. The van der Waals surface area contributed by atoms with E-state index in [1.165, 1.54) is 0 Å². The van der Waals surface area contributed by atoms with Crippen LogP contribution in [0, 0.1) is 5.92 Å². The number of amides is 3. The van der Waals surface area contributed by atoms with Gasteiger partial charge in [0.05, 0.1) is 25.9 Å². The van der Waals surface area contributed by atoms with E-state index in [-0.39, 0.29) is 31.1 Å². The smallest absolute Gasteiger partial charge is 0.407 e. The van der Waals surface area contributed by atoms with Gasteiger partial charge in [0.15, 0.2) is 0 Å². The molecule has 0 aliphatic carbocycles. The second-order valence-electron chi connectivity index (χ2n) is 12.9. The Hall–Kier alpha value is -4.62. The van der Waals surface area contributed by atoms with Crippen molar-refractivity contribution in [2.45, 2.75) is 51.7 Å². The third-order valence-corrected chi connectivity index (χ3v) is 8.26. The van der Waals surface area contributed by atoms with E-state index in [1.807, 2.05) is 64.2 Å². The number of carbonyl (C=O) groups is 3. The lowest BCUT2D eigenvalue weighted by Gasteiger charge is -2.38. The van der Waals surface area contributed by atoms with Crippen molar-refractivity contribution in [2.75, 3.05) is 57.9 Å². The summed E-state index contributed by atoms with van der Waals surface area (Å²) in [6, 6.07) is 17.1. The number of rotatable bonds is 13. The van der Waals surface area contributed by atoms with Crippen molar-refractivity contribution in [3.05, 3.63) is 60.2 Å². The fourth-order valence-corrected chi connectivity index (χ4v) is 6.02. The lowest BCUT2D eigenvalue weighted by Crippen LogP contribution is -2.43. The molecule has 0 spiro atoms. The monoisotopic (exact) mass is 662 g/mol. The second kappa shape index (κ2) is 16.0. The fraction of sp³-hybridized carbons (Fsp3) is 0.486. The highest BCUT2D eigenvalue weighted by molar-refractivity contribution is 6.03. The third kappa shape index (κ3) is 9.26. The predicted molar refractivity (Wildman–Crippen MR) is 180 cm³/mol. The maximum atomic E-state index is 12.8. The van der Waals surface area contributed by atoms with E-state index in [9.17, 15) is 14.4 Å². The number of hydrogen-bond donors (Lipinski definition) is 3. The molecule has 0 bridgehead atoms. The molecule has 4 N–H and O–H groups in total. The predicted octanol–water partition coefficient (Wildman–Crippen LogP) is 4.59. The van der Waals surface area contributed by atoms with E-state index in [4.69, 9.17) is 29.8 Å². The van der Waals surface area contributed by atoms with Gasteiger partial charge in [0.1, 0.15) is 40.8 Å². The van der Waals surface area contributed by atoms with Gasteiger partial charge in [-0.1, -0.05) is 18.2 Å². The molecule has 0 radical (unpaired) electrons. The van der Waals surface area contributed by atoms with Gasteiger partial charge in [-0.2, -0.15) is 5.10 Å². The maximum Gasteiger partial charge on any atom is 0.407 e. The Morgan fingerprint density at radius 3 is 2.31 bits per heavy atom. The van der Waals surface area contributed by atoms with Crippen LogP contribution < -0.4 is 21.1 Å². The van der Waals surface area contributed by atoms with E-state index in [1.54, 1.807) is 20.8 Å². The van der Waals surface area contributed by atoms with Gasteiger partial charge in [-0.3, -0.25) is 9.59 Å². The summed E-state index contributed by atoms with van der Waals surface area (Å²) in [5.41, 5.74) is 7.04. The molecule has 1 saturated heterocycles. The minimum Gasteiger partial charge on any atom is -0.457 e. The highest BCUT2D eigenvalue weighted by atomic mass is 16.6. The number of primary amides is 1. The van der Waals surface area contributed by atoms with Crippen LogP contribution in [0.2, 0.25) is 0 Å². The topological polar surface area (TPSA) is 159 Å². The number of likely N-dealkylation sites (tertiary alicyclic amines) is 1. The molecular weight excluding hydrogens is 616 g/mol. The van der Waals surface area contributed by atoms with Gasteiger partial charge in [-0.15, -0.1) is 0 Å². The summed E-state index contributed by atoms with van der Waals surface area (Å²) in [6.45, 7) is 8.57. The van der Waals surface area contributed by atoms with Crippen LogP contribution in [0.1, 0.15) is 56.4 Å². The van der Waals surface area contributed by atoms with E-state index < -0.39 is 17.6 Å². The number of carbonyl (C=O) groups excluding carboxylic acids is 3. The first kappa shape index (κ1) is 34.7. The normalized spacial score (nSPS) is 16.5. The molecule has 1 aromatic heterocycles. The summed E-state index contributed by atoms with van der Waals surface area (Å²) >= 11 is 0. The molecule has 1 atom stereocenters. The molecule has 2 aliphatic rings. The highest BCUT2D eigenvalue weighted by Gasteiger charge is 2.36. The molecular formula is C35H46N6O7. The SMILES string of the molecule is CC(C)(C)OC(=O)NCCOCCOCC(=O)N1CCC([C@@H]2CCNc3c(C(N)=O)c(-c4ccc(Oc5ccccc5)cc4)nn32)CC1. The van der Waals surface area contributed by atoms with Crippen molar-refractivity contribution < 1.29 is 33.3 Å². The molecule has 3 amide bonds. The molecule has 2 aliphatic heterocycles. The zero-order valence-corrected chi connectivity index (χ0v) is 27.9. The van der Waals surface area contributed by atoms with Gasteiger partial charge >= 0.3 is 6.09 Å². The Balaban J connectivity index is 1.09. The summed E-state index contributed by atoms with van der Waals surface area (Å²) in [5.74, 6) is 1.76. The van der Waals surface area contributed by atoms with Crippen molar-refractivity contribution in [1.29, 1.82) is 0 Å². The molecule has 13 nitrogen and oxygen atoms in total. The quantitative estimate of drug-likeness (QED) is 0.223. The molecule has 0 unspecified atom stereocenters. The average molecular weight is 663 g/mol. The second-order valence-corrected chi connectivity index (χ2v) is 12.9. The standard InChI is InChI=1S/C35H46N6O7/c1-35(2,3)48-34(44)38-17-20-45-21-22-46-23-29(42)40-18-14-24(15-19-40)28-13-16-37-33-30(32(36)43)31(39-41(28)33)25-9-11-27(12-10-25)47-26-7-5-4-6-8-26/h4-12,24,28,37H,13-23H2,1-3H3,(H2,36,43)(H,38,44)/t28-/m0/s1. The lowest BCUT2D eigenvalue weighted by molar-refractivity contribution is -0.138. The Labute approximate surface area is 281 Å². The Bertz CT molecular complexity index is 1530. The highest BCUT2D eigenvalue weighted by Crippen LogP contribution is 2.40. The van der Waals surface area contributed by atoms with Crippen LogP contribution in [0.5, 0.6) is 11.5 Å². The van der Waals surface area contributed by atoms with Crippen molar-refractivity contribution in [2.24, 2.45) is 11.7 Å². The number of nitrogens with two attached hydrogens (primary N) is 1. The zero-order chi connectivity index (χ0) is 34.1. The first-order chi connectivity index (χ1) is 23.1. The number of anilines is 1. The van der Waals surface area contributed by atoms with Crippen LogP contribution in [0.3, 0.4) is 0 Å². The maximum absolute atomic E-state index is 12.8. The number of nitrogens with one attached hydrogen (secondary N) is 2. The molecule has 13 heteroatoms. The first-order valence-electron chi connectivity index (χ1n) is 16.5. The number of hydrogen-bond acceptors (Lipinski definition) is 9. The van der Waals surface area contributed by atoms with Crippen LogP contribution in [0.4, 0.5) is 10.6 Å². The lowest BCUT2D eigenvalue weighted by atomic mass is 9.87. The molecule has 5 rings (SSSR count). The average Bonchev–Trinajstić information content (AvgIpc) is 3.46. The van der Waals surface area contributed by atoms with Gasteiger partial charge in [0.2, 0.25) is 5.91 Å². The number of fused-ring (bicyclic) bond motifs is 1.